The molecule has 2 aromatic carbocycles. The number of hydrogen-bond donors (Lipinski definition) is 1. The third-order valence-corrected chi connectivity index (χ3v) is 6.47. The third kappa shape index (κ3) is 4.35. The standard InChI is InChI=1S/C27H26ClN5O3/c1-3-36-24(34)16-29-27(35)32-17-22-18(2)30-33(21-8-5-4-6-9-21)26(22)31-15-7-10-23(31)25(32)19-11-13-20(28)14-12-19/h4-15,25H,3,16-17H2,1-2H3,(H,29,35)/t25-/m0/s1. The van der Waals surface area contributed by atoms with E-state index in [9.17, 15) is 9.59 Å². The Morgan fingerprint density at radius 2 is 1.83 bits per heavy atom. The number of nitrogens with one attached hydrogen (secondary N) is 1. The Hall–Kier alpha value is -4.04. The number of hydrogen-bond acceptors (Lipinski definition) is 4. The molecule has 1 atom stereocenters. The van der Waals surface area contributed by atoms with Gasteiger partial charge in [-0.1, -0.05) is 41.9 Å². The lowest BCUT2D eigenvalue weighted by molar-refractivity contribution is -0.141. The average molecular weight is 504 g/mol. The molecule has 2 aromatic heterocycles. The fraction of sp³-hybridized carbons (Fsp3) is 0.222. The Balaban J connectivity index is 1.65. The summed E-state index contributed by atoms with van der Waals surface area (Å²) < 4.78 is 8.99. The highest BCUT2D eigenvalue weighted by molar-refractivity contribution is 6.30. The molecule has 36 heavy (non-hydrogen) atoms. The molecule has 0 aliphatic carbocycles. The van der Waals surface area contributed by atoms with Gasteiger partial charge >= 0.3 is 12.0 Å². The molecule has 0 fully saturated rings. The first kappa shape index (κ1) is 23.7. The fourth-order valence-electron chi connectivity index (χ4n) is 4.61. The highest BCUT2D eigenvalue weighted by Crippen LogP contribution is 2.38. The molecule has 2 amide bonds. The zero-order valence-corrected chi connectivity index (χ0v) is 20.8. The molecule has 0 radical (unpaired) electrons. The zero-order chi connectivity index (χ0) is 25.2. The number of rotatable bonds is 5. The van der Waals surface area contributed by atoms with Crippen LogP contribution in [-0.4, -0.2) is 44.4 Å². The number of carbonyl (C=O) groups is 2. The molecule has 8 nitrogen and oxygen atoms in total. The number of fused-ring (bicyclic) bond motifs is 3. The maximum absolute atomic E-state index is 13.6. The van der Waals surface area contributed by atoms with Crippen LogP contribution < -0.4 is 5.32 Å². The second-order valence-electron chi connectivity index (χ2n) is 8.48. The van der Waals surface area contributed by atoms with Crippen molar-refractivity contribution in [1.82, 2.24) is 24.6 Å². The van der Waals surface area contributed by atoms with Crippen LogP contribution in [0.4, 0.5) is 4.79 Å². The van der Waals surface area contributed by atoms with E-state index in [1.54, 1.807) is 11.8 Å². The van der Waals surface area contributed by atoms with Crippen molar-refractivity contribution in [3.05, 3.63) is 100 Å². The van der Waals surface area contributed by atoms with Crippen LogP contribution in [0, 0.1) is 6.92 Å². The van der Waals surface area contributed by atoms with Crippen LogP contribution in [0.3, 0.4) is 0 Å². The fourth-order valence-corrected chi connectivity index (χ4v) is 4.73. The largest absolute Gasteiger partial charge is 0.465 e. The second kappa shape index (κ2) is 9.91. The first-order valence-electron chi connectivity index (χ1n) is 11.7. The predicted octanol–water partition coefficient (Wildman–Crippen LogP) is 4.80. The van der Waals surface area contributed by atoms with Crippen molar-refractivity contribution < 1.29 is 14.3 Å². The molecule has 1 aliphatic heterocycles. The molecule has 5 rings (SSSR count). The molecule has 184 valence electrons. The summed E-state index contributed by atoms with van der Waals surface area (Å²) in [6.45, 7) is 4.00. The summed E-state index contributed by atoms with van der Waals surface area (Å²) in [6.07, 6.45) is 1.98. The molecule has 1 N–H and O–H groups in total. The second-order valence-corrected chi connectivity index (χ2v) is 8.92. The van der Waals surface area contributed by atoms with Gasteiger partial charge in [-0.15, -0.1) is 0 Å². The SMILES string of the molecule is CCOC(=O)CNC(=O)N1Cc2c(C)nn(-c3ccccc3)c2-n2cccc2[C@@H]1c1ccc(Cl)cc1. The Morgan fingerprint density at radius 3 is 2.56 bits per heavy atom. The zero-order valence-electron chi connectivity index (χ0n) is 20.0. The van der Waals surface area contributed by atoms with E-state index in [1.165, 1.54) is 0 Å². The van der Waals surface area contributed by atoms with Gasteiger partial charge in [-0.2, -0.15) is 5.10 Å². The molecular weight excluding hydrogens is 478 g/mol. The molecule has 3 heterocycles. The smallest absolute Gasteiger partial charge is 0.325 e. The quantitative estimate of drug-likeness (QED) is 0.396. The van der Waals surface area contributed by atoms with Gasteiger partial charge in [0, 0.05) is 16.8 Å². The minimum Gasteiger partial charge on any atom is -0.465 e. The number of ether oxygens (including phenoxy) is 1. The number of urea groups is 1. The minimum absolute atomic E-state index is 0.216. The van der Waals surface area contributed by atoms with Gasteiger partial charge < -0.3 is 19.5 Å². The lowest BCUT2D eigenvalue weighted by atomic mass is 10.0. The molecule has 0 unspecified atom stereocenters. The molecule has 4 aromatic rings. The van der Waals surface area contributed by atoms with Crippen LogP contribution in [0.1, 0.15) is 35.5 Å². The summed E-state index contributed by atoms with van der Waals surface area (Å²) in [5.41, 5.74) is 4.43. The van der Waals surface area contributed by atoms with Crippen molar-refractivity contribution in [2.45, 2.75) is 26.4 Å². The van der Waals surface area contributed by atoms with E-state index in [2.05, 4.69) is 9.88 Å². The van der Waals surface area contributed by atoms with Crippen molar-refractivity contribution in [2.75, 3.05) is 13.2 Å². The predicted molar refractivity (Wildman–Crippen MR) is 136 cm³/mol. The molecule has 1 aliphatic rings. The summed E-state index contributed by atoms with van der Waals surface area (Å²) in [5.74, 6) is 0.388. The van der Waals surface area contributed by atoms with E-state index in [0.29, 0.717) is 5.02 Å². The van der Waals surface area contributed by atoms with E-state index in [0.717, 1.165) is 34.0 Å². The molecule has 0 bridgehead atoms. The molecule has 0 spiro atoms. The van der Waals surface area contributed by atoms with Gasteiger partial charge in [0.15, 0.2) is 0 Å². The van der Waals surface area contributed by atoms with Crippen molar-refractivity contribution in [1.29, 1.82) is 0 Å². The number of aromatic nitrogens is 3. The first-order chi connectivity index (χ1) is 17.5. The summed E-state index contributed by atoms with van der Waals surface area (Å²) in [5, 5.41) is 8.18. The van der Waals surface area contributed by atoms with Crippen LogP contribution in [0.2, 0.25) is 5.02 Å². The van der Waals surface area contributed by atoms with Crippen LogP contribution in [0.15, 0.2) is 72.9 Å². The van der Waals surface area contributed by atoms with Gasteiger partial charge in [0.2, 0.25) is 0 Å². The average Bonchev–Trinajstić information content (AvgIpc) is 3.44. The Bertz CT molecular complexity index is 1390. The van der Waals surface area contributed by atoms with Gasteiger partial charge in [-0.05, 0) is 55.8 Å². The number of esters is 1. The van der Waals surface area contributed by atoms with Gasteiger partial charge in [0.25, 0.3) is 0 Å². The van der Waals surface area contributed by atoms with E-state index in [4.69, 9.17) is 21.4 Å². The highest BCUT2D eigenvalue weighted by atomic mass is 35.5. The maximum Gasteiger partial charge on any atom is 0.325 e. The van der Waals surface area contributed by atoms with Gasteiger partial charge in [-0.25, -0.2) is 9.48 Å². The number of aryl methyl sites for hydroxylation is 1. The van der Waals surface area contributed by atoms with Gasteiger partial charge in [-0.3, -0.25) is 4.79 Å². The van der Waals surface area contributed by atoms with E-state index in [-0.39, 0.29) is 25.7 Å². The maximum atomic E-state index is 13.6. The van der Waals surface area contributed by atoms with E-state index >= 15 is 0 Å². The van der Waals surface area contributed by atoms with Crippen molar-refractivity contribution in [2.24, 2.45) is 0 Å². The summed E-state index contributed by atoms with van der Waals surface area (Å²) in [4.78, 5) is 27.3. The molecule has 0 saturated carbocycles. The lowest BCUT2D eigenvalue weighted by Gasteiger charge is -2.31. The monoisotopic (exact) mass is 503 g/mol. The molecule has 0 saturated heterocycles. The lowest BCUT2D eigenvalue weighted by Crippen LogP contribution is -2.44. The van der Waals surface area contributed by atoms with Crippen LogP contribution in [0.25, 0.3) is 11.5 Å². The van der Waals surface area contributed by atoms with Crippen molar-refractivity contribution in [3.63, 3.8) is 0 Å². The van der Waals surface area contributed by atoms with Crippen LogP contribution in [0.5, 0.6) is 0 Å². The number of benzene rings is 2. The third-order valence-electron chi connectivity index (χ3n) is 6.22. The summed E-state index contributed by atoms with van der Waals surface area (Å²) in [6, 6.07) is 20.5. The Morgan fingerprint density at radius 1 is 1.08 bits per heavy atom. The molecule has 9 heteroatoms. The summed E-state index contributed by atoms with van der Waals surface area (Å²) in [7, 11) is 0. The number of halogens is 1. The Labute approximate surface area is 214 Å². The topological polar surface area (TPSA) is 81.4 Å². The van der Waals surface area contributed by atoms with Crippen molar-refractivity contribution in [3.8, 4) is 11.5 Å². The minimum atomic E-state index is -0.485. The Kier molecular flexibility index (Phi) is 6.52. The normalized spacial score (nSPS) is 14.5. The van der Waals surface area contributed by atoms with Crippen LogP contribution >= 0.6 is 11.6 Å². The number of amides is 2. The molecular formula is C27H26ClN5O3. The number of carbonyl (C=O) groups excluding carboxylic acids is 2. The van der Waals surface area contributed by atoms with E-state index in [1.807, 2.05) is 84.5 Å². The van der Waals surface area contributed by atoms with Crippen LogP contribution in [-0.2, 0) is 16.1 Å². The number of para-hydroxylation sites is 1. The highest BCUT2D eigenvalue weighted by Gasteiger charge is 2.36. The summed E-state index contributed by atoms with van der Waals surface area (Å²) >= 11 is 6.18. The van der Waals surface area contributed by atoms with Gasteiger partial charge in [0.05, 0.1) is 36.3 Å². The number of nitrogens with zero attached hydrogens (tertiary/aromatic N) is 4. The first-order valence-corrected chi connectivity index (χ1v) is 12.1. The van der Waals surface area contributed by atoms with Gasteiger partial charge in [0.1, 0.15) is 12.4 Å². The van der Waals surface area contributed by atoms with Crippen molar-refractivity contribution >= 4 is 23.6 Å². The van der Waals surface area contributed by atoms with E-state index < -0.39 is 12.0 Å².